The van der Waals surface area contributed by atoms with Gasteiger partial charge in [0.05, 0.1) is 0 Å². The Bertz CT molecular complexity index is 552. The van der Waals surface area contributed by atoms with E-state index in [1.54, 1.807) is 0 Å². The zero-order valence-corrected chi connectivity index (χ0v) is 23.4. The van der Waals surface area contributed by atoms with Gasteiger partial charge in [0.2, 0.25) is 0 Å². The Hall–Kier alpha value is -0.0613. The third kappa shape index (κ3) is 7.52. The summed E-state index contributed by atoms with van der Waals surface area (Å²) in [5.41, 5.74) is 1.23. The second-order valence-corrected chi connectivity index (χ2v) is 23.7. The Morgan fingerprint density at radius 3 is 2.03 bits per heavy atom. The van der Waals surface area contributed by atoms with E-state index >= 15 is 0 Å². The minimum atomic E-state index is -2.38. The molecule has 172 valence electrons. The van der Waals surface area contributed by atoms with Gasteiger partial charge in [-0.1, -0.05) is 0 Å². The van der Waals surface area contributed by atoms with Gasteiger partial charge in [0, 0.05) is 0 Å². The third-order valence-electron chi connectivity index (χ3n) is 7.09. The molecular formula is C27H48O2Sn. The molecule has 0 spiro atoms. The zero-order valence-electron chi connectivity index (χ0n) is 20.6. The van der Waals surface area contributed by atoms with Crippen molar-refractivity contribution in [2.45, 2.75) is 118 Å². The van der Waals surface area contributed by atoms with E-state index < -0.39 is 24.2 Å². The van der Waals surface area contributed by atoms with E-state index in [1.165, 1.54) is 63.8 Å². The first-order valence-corrected chi connectivity index (χ1v) is 21.0. The number of benzene rings is 1. The molecule has 1 aliphatic heterocycles. The van der Waals surface area contributed by atoms with E-state index in [-0.39, 0.29) is 0 Å². The van der Waals surface area contributed by atoms with Crippen LogP contribution < -0.4 is 0 Å². The molecule has 0 amide bonds. The van der Waals surface area contributed by atoms with Crippen LogP contribution in [0.3, 0.4) is 0 Å². The normalized spacial score (nSPS) is 22.5. The van der Waals surface area contributed by atoms with Gasteiger partial charge < -0.3 is 0 Å². The minimum absolute atomic E-state index is 0.297. The molecule has 2 rings (SSSR count). The van der Waals surface area contributed by atoms with Crippen molar-refractivity contribution in [2.24, 2.45) is 5.92 Å². The second-order valence-electron chi connectivity index (χ2n) is 10.0. The number of hydrogen-bond acceptors (Lipinski definition) is 2. The molecule has 0 aromatic heterocycles. The first-order chi connectivity index (χ1) is 14.5. The number of ether oxygens (including phenoxy) is 2. The molecule has 2 nitrogen and oxygen atoms in total. The molecule has 3 heteroatoms. The zero-order chi connectivity index (χ0) is 21.9. The molecule has 30 heavy (non-hydrogen) atoms. The van der Waals surface area contributed by atoms with Crippen LogP contribution in [0.1, 0.15) is 98.0 Å². The van der Waals surface area contributed by atoms with Crippen molar-refractivity contribution in [3.8, 4) is 0 Å². The van der Waals surface area contributed by atoms with Crippen molar-refractivity contribution >= 4 is 18.4 Å². The van der Waals surface area contributed by atoms with E-state index in [9.17, 15) is 0 Å². The van der Waals surface area contributed by atoms with Gasteiger partial charge in [-0.3, -0.25) is 0 Å². The quantitative estimate of drug-likeness (QED) is 0.228. The van der Waals surface area contributed by atoms with Gasteiger partial charge in [0.15, 0.2) is 0 Å². The Kier molecular flexibility index (Phi) is 11.8. The van der Waals surface area contributed by atoms with Crippen LogP contribution in [0.25, 0.3) is 0 Å². The average molecular weight is 523 g/mol. The summed E-state index contributed by atoms with van der Waals surface area (Å²) < 4.78 is 19.4. The van der Waals surface area contributed by atoms with Crippen LogP contribution in [0, 0.1) is 5.92 Å². The van der Waals surface area contributed by atoms with Gasteiger partial charge in [0.1, 0.15) is 0 Å². The van der Waals surface area contributed by atoms with Crippen LogP contribution >= 0.6 is 0 Å². The molecule has 0 saturated carbocycles. The molecule has 1 saturated heterocycles. The second kappa shape index (κ2) is 13.5. The van der Waals surface area contributed by atoms with E-state index in [2.05, 4.69) is 65.0 Å². The van der Waals surface area contributed by atoms with Gasteiger partial charge in [-0.2, -0.15) is 0 Å². The van der Waals surface area contributed by atoms with Gasteiger partial charge >= 0.3 is 192 Å². The Morgan fingerprint density at radius 2 is 1.53 bits per heavy atom. The maximum absolute atomic E-state index is 7.06. The Labute approximate surface area is 191 Å². The van der Waals surface area contributed by atoms with Crippen molar-refractivity contribution in [1.82, 2.24) is 0 Å². The monoisotopic (exact) mass is 524 g/mol. The molecular weight excluding hydrogens is 475 g/mol. The van der Waals surface area contributed by atoms with Crippen molar-refractivity contribution < 1.29 is 9.47 Å². The van der Waals surface area contributed by atoms with Crippen LogP contribution in [-0.4, -0.2) is 29.1 Å². The molecule has 2 atom stereocenters. The molecule has 0 unspecified atom stereocenters. The van der Waals surface area contributed by atoms with Gasteiger partial charge in [0.25, 0.3) is 0 Å². The fourth-order valence-electron chi connectivity index (χ4n) is 4.98. The maximum atomic E-state index is 7.06. The fraction of sp³-hybridized carbons (Fsp3) is 0.778. The predicted octanol–water partition coefficient (Wildman–Crippen LogP) is 8.47. The summed E-state index contributed by atoms with van der Waals surface area (Å²) in [5.74, 6) is 0.00637. The van der Waals surface area contributed by atoms with Crippen LogP contribution in [0.4, 0.5) is 0 Å². The number of rotatable bonds is 14. The topological polar surface area (TPSA) is 18.5 Å². The van der Waals surface area contributed by atoms with Crippen molar-refractivity contribution in [3.63, 3.8) is 0 Å². The SMILES string of the molecule is CCC[CH2][Sn]([CH2]CCC)([CH2]CCC)[CH2]O[C@]1(c2ccccc2)CCC[C@@H](C(C)C)O1. The van der Waals surface area contributed by atoms with Crippen LogP contribution in [-0.2, 0) is 15.3 Å². The van der Waals surface area contributed by atoms with E-state index in [4.69, 9.17) is 9.47 Å². The van der Waals surface area contributed by atoms with E-state index in [1.807, 2.05) is 0 Å². The summed E-state index contributed by atoms with van der Waals surface area (Å²) in [7, 11) is 0. The summed E-state index contributed by atoms with van der Waals surface area (Å²) in [5, 5.41) is 0. The summed E-state index contributed by atoms with van der Waals surface area (Å²) in [6.07, 6.45) is 11.8. The standard InChI is InChI=1S/C15H21O2.3C4H9.Sn/c1-12(2)14-10-7-11-15(16-3,17-14)13-8-5-4-6-9-13;3*1-3-4-2;/h4-6,8-9,12,14H,3,7,10-11H2,1-2H3;3*1,3-4H2,2H3;/t14-,15+;;;;/m0..../s1. The molecule has 1 heterocycles. The molecule has 0 radical (unpaired) electrons. The summed E-state index contributed by atoms with van der Waals surface area (Å²) in [6, 6.07) is 10.8. The molecule has 0 bridgehead atoms. The van der Waals surface area contributed by atoms with Gasteiger partial charge in [-0.25, -0.2) is 0 Å². The van der Waals surface area contributed by atoms with Crippen molar-refractivity contribution in [2.75, 3.05) is 4.62 Å². The molecule has 1 fully saturated rings. The van der Waals surface area contributed by atoms with Gasteiger partial charge in [-0.05, 0) is 0 Å². The first kappa shape index (κ1) is 26.2. The fourth-order valence-corrected chi connectivity index (χ4v) is 19.3. The molecule has 1 aliphatic rings. The van der Waals surface area contributed by atoms with Crippen LogP contribution in [0.15, 0.2) is 30.3 Å². The summed E-state index contributed by atoms with van der Waals surface area (Å²) in [6.45, 7) is 11.6. The first-order valence-electron chi connectivity index (χ1n) is 12.9. The predicted molar refractivity (Wildman–Crippen MR) is 133 cm³/mol. The number of unbranched alkanes of at least 4 members (excludes halogenated alkanes) is 3. The molecule has 0 aliphatic carbocycles. The molecule has 0 N–H and O–H groups in total. The number of hydrogen-bond donors (Lipinski definition) is 0. The Balaban J connectivity index is 2.29. The molecule has 1 aromatic carbocycles. The summed E-state index contributed by atoms with van der Waals surface area (Å²) in [4.78, 5) is 0. The van der Waals surface area contributed by atoms with E-state index in [0.717, 1.165) is 17.5 Å². The van der Waals surface area contributed by atoms with Crippen molar-refractivity contribution in [3.05, 3.63) is 35.9 Å². The molecule has 1 aromatic rings. The van der Waals surface area contributed by atoms with Crippen molar-refractivity contribution in [1.29, 1.82) is 0 Å². The summed E-state index contributed by atoms with van der Waals surface area (Å²) >= 11 is -2.38. The van der Waals surface area contributed by atoms with Gasteiger partial charge in [-0.15, -0.1) is 0 Å². The van der Waals surface area contributed by atoms with Crippen LogP contribution in [0.5, 0.6) is 0 Å². The van der Waals surface area contributed by atoms with Crippen LogP contribution in [0.2, 0.25) is 13.3 Å². The van der Waals surface area contributed by atoms with E-state index in [0.29, 0.717) is 12.0 Å². The Morgan fingerprint density at radius 1 is 0.967 bits per heavy atom. The third-order valence-corrected chi connectivity index (χ3v) is 21.4. The average Bonchev–Trinajstić information content (AvgIpc) is 2.79.